The van der Waals surface area contributed by atoms with Crippen molar-refractivity contribution in [2.75, 3.05) is 6.61 Å². The van der Waals surface area contributed by atoms with E-state index in [2.05, 4.69) is 0 Å². The summed E-state index contributed by atoms with van der Waals surface area (Å²) in [6, 6.07) is 16.4. The quantitative estimate of drug-likeness (QED) is 0.635. The molecule has 0 spiro atoms. The maximum absolute atomic E-state index is 12.9. The fourth-order valence-electron chi connectivity index (χ4n) is 3.29. The molecule has 0 aliphatic heterocycles. The first kappa shape index (κ1) is 20.9. The lowest BCUT2D eigenvalue weighted by atomic mass is 10.0. The van der Waals surface area contributed by atoms with Crippen LogP contribution in [0.4, 0.5) is 0 Å². The number of nitrogens with zero attached hydrogens (tertiary/aromatic N) is 2. The highest BCUT2D eigenvalue weighted by molar-refractivity contribution is 6.01. The number of pyridine rings is 1. The Kier molecular flexibility index (Phi) is 6.03. The third-order valence-electron chi connectivity index (χ3n) is 5.18. The second-order valence-corrected chi connectivity index (χ2v) is 7.10. The van der Waals surface area contributed by atoms with Gasteiger partial charge in [0.25, 0.3) is 5.56 Å². The van der Waals surface area contributed by atoms with Crippen molar-refractivity contribution in [3.8, 4) is 17.7 Å². The van der Waals surface area contributed by atoms with Crippen molar-refractivity contribution >= 4 is 5.78 Å². The zero-order valence-electron chi connectivity index (χ0n) is 17.1. The van der Waals surface area contributed by atoms with E-state index in [0.29, 0.717) is 5.75 Å². The summed E-state index contributed by atoms with van der Waals surface area (Å²) in [4.78, 5) is 25.7. The van der Waals surface area contributed by atoms with Crippen LogP contribution in [0, 0.1) is 32.1 Å². The Bertz CT molecular complexity index is 1200. The molecule has 3 rings (SSSR count). The van der Waals surface area contributed by atoms with Crippen LogP contribution in [0.2, 0.25) is 0 Å². The van der Waals surface area contributed by atoms with Crippen LogP contribution in [-0.4, -0.2) is 22.1 Å². The minimum absolute atomic E-state index is 0.0403. The second kappa shape index (κ2) is 8.66. The molecule has 0 aliphatic carbocycles. The molecule has 0 saturated heterocycles. The summed E-state index contributed by atoms with van der Waals surface area (Å²) in [7, 11) is 0. The van der Waals surface area contributed by atoms with Gasteiger partial charge in [-0.25, -0.2) is 0 Å². The molecule has 0 aliphatic rings. The summed E-state index contributed by atoms with van der Waals surface area (Å²) in [5, 5.41) is 20.2. The van der Waals surface area contributed by atoms with Crippen molar-refractivity contribution in [3.05, 3.63) is 92.3 Å². The SMILES string of the molecule is Cc1cccc(OCC(=O)c2c(C)c(C#N)c(=O)n(Cc3ccccc3)c2O)c1C. The topological polar surface area (TPSA) is 92.3 Å². The molecule has 0 radical (unpaired) electrons. The summed E-state index contributed by atoms with van der Waals surface area (Å²) in [6.45, 7) is 5.04. The van der Waals surface area contributed by atoms with Gasteiger partial charge in [-0.3, -0.25) is 14.2 Å². The molecular formula is C24H22N2O4. The van der Waals surface area contributed by atoms with E-state index in [1.54, 1.807) is 30.3 Å². The average molecular weight is 402 g/mol. The number of nitriles is 1. The summed E-state index contributed by atoms with van der Waals surface area (Å²) in [5.41, 5.74) is 1.97. The van der Waals surface area contributed by atoms with Crippen molar-refractivity contribution in [1.82, 2.24) is 4.57 Å². The number of ether oxygens (including phenoxy) is 1. The zero-order chi connectivity index (χ0) is 21.8. The third-order valence-corrected chi connectivity index (χ3v) is 5.18. The van der Waals surface area contributed by atoms with Crippen LogP contribution in [0.25, 0.3) is 0 Å². The number of carbonyl (C=O) groups excluding carboxylic acids is 1. The van der Waals surface area contributed by atoms with Gasteiger partial charge in [0.2, 0.25) is 11.7 Å². The number of aryl methyl sites for hydroxylation is 1. The molecule has 1 N–H and O–H groups in total. The summed E-state index contributed by atoms with van der Waals surface area (Å²) < 4.78 is 6.72. The maximum atomic E-state index is 12.9. The van der Waals surface area contributed by atoms with E-state index in [1.807, 2.05) is 38.1 Å². The normalized spacial score (nSPS) is 10.5. The Labute approximate surface area is 174 Å². The predicted molar refractivity (Wildman–Crippen MR) is 113 cm³/mol. The summed E-state index contributed by atoms with van der Waals surface area (Å²) >= 11 is 0. The molecule has 0 saturated carbocycles. The second-order valence-electron chi connectivity index (χ2n) is 7.10. The van der Waals surface area contributed by atoms with Crippen LogP contribution in [-0.2, 0) is 6.54 Å². The molecule has 0 bridgehead atoms. The van der Waals surface area contributed by atoms with Crippen LogP contribution in [0.1, 0.15) is 38.2 Å². The number of aromatic nitrogens is 1. The van der Waals surface area contributed by atoms with E-state index in [1.165, 1.54) is 6.92 Å². The Morgan fingerprint density at radius 3 is 2.43 bits per heavy atom. The van der Waals surface area contributed by atoms with Gasteiger partial charge in [-0.2, -0.15) is 5.26 Å². The molecular weight excluding hydrogens is 380 g/mol. The van der Waals surface area contributed by atoms with Crippen molar-refractivity contribution in [1.29, 1.82) is 5.26 Å². The minimum Gasteiger partial charge on any atom is -0.494 e. The van der Waals surface area contributed by atoms with Crippen LogP contribution >= 0.6 is 0 Å². The number of aromatic hydroxyl groups is 1. The number of hydrogen-bond donors (Lipinski definition) is 1. The van der Waals surface area contributed by atoms with Crippen LogP contribution in [0.5, 0.6) is 11.6 Å². The molecule has 6 nitrogen and oxygen atoms in total. The highest BCUT2D eigenvalue weighted by Gasteiger charge is 2.24. The number of Topliss-reactive ketones (excluding diaryl/α,β-unsaturated/α-hetero) is 1. The van der Waals surface area contributed by atoms with Crippen LogP contribution in [0.3, 0.4) is 0 Å². The Morgan fingerprint density at radius 1 is 1.07 bits per heavy atom. The molecule has 2 aromatic carbocycles. The fraction of sp³-hybridized carbons (Fsp3) is 0.208. The van der Waals surface area contributed by atoms with Crippen molar-refractivity contribution in [3.63, 3.8) is 0 Å². The first-order valence-electron chi connectivity index (χ1n) is 9.47. The van der Waals surface area contributed by atoms with Gasteiger partial charge in [-0.1, -0.05) is 42.5 Å². The van der Waals surface area contributed by atoms with E-state index in [4.69, 9.17) is 4.74 Å². The number of carbonyl (C=O) groups is 1. The van der Waals surface area contributed by atoms with Gasteiger partial charge >= 0.3 is 0 Å². The molecule has 0 unspecified atom stereocenters. The summed E-state index contributed by atoms with van der Waals surface area (Å²) in [6.07, 6.45) is 0. The number of rotatable bonds is 6. The Morgan fingerprint density at radius 2 is 1.77 bits per heavy atom. The van der Waals surface area contributed by atoms with Gasteiger partial charge < -0.3 is 9.84 Å². The van der Waals surface area contributed by atoms with E-state index in [0.717, 1.165) is 21.3 Å². The van der Waals surface area contributed by atoms with E-state index >= 15 is 0 Å². The molecule has 30 heavy (non-hydrogen) atoms. The third kappa shape index (κ3) is 3.96. The molecule has 0 amide bonds. The molecule has 6 heteroatoms. The Balaban J connectivity index is 2.00. The van der Waals surface area contributed by atoms with Crippen LogP contribution < -0.4 is 10.3 Å². The lowest BCUT2D eigenvalue weighted by molar-refractivity contribution is 0.0916. The van der Waals surface area contributed by atoms with Crippen molar-refractivity contribution < 1.29 is 14.6 Å². The maximum Gasteiger partial charge on any atom is 0.271 e. The molecule has 1 heterocycles. The van der Waals surface area contributed by atoms with Gasteiger partial charge in [0.05, 0.1) is 12.1 Å². The highest BCUT2D eigenvalue weighted by Crippen LogP contribution is 2.25. The number of benzene rings is 2. The monoisotopic (exact) mass is 402 g/mol. The average Bonchev–Trinajstić information content (AvgIpc) is 2.73. The fourth-order valence-corrected chi connectivity index (χ4v) is 3.29. The van der Waals surface area contributed by atoms with Gasteiger partial charge in [0.1, 0.15) is 17.4 Å². The zero-order valence-corrected chi connectivity index (χ0v) is 17.1. The molecule has 3 aromatic rings. The molecule has 1 aromatic heterocycles. The number of ketones is 1. The van der Waals surface area contributed by atoms with Crippen LogP contribution in [0.15, 0.2) is 53.3 Å². The number of hydrogen-bond acceptors (Lipinski definition) is 5. The van der Waals surface area contributed by atoms with Gasteiger partial charge in [-0.15, -0.1) is 0 Å². The van der Waals surface area contributed by atoms with E-state index in [-0.39, 0.29) is 29.8 Å². The van der Waals surface area contributed by atoms with Crippen molar-refractivity contribution in [2.24, 2.45) is 0 Å². The first-order valence-corrected chi connectivity index (χ1v) is 9.47. The molecule has 0 fully saturated rings. The summed E-state index contributed by atoms with van der Waals surface area (Å²) in [5.74, 6) is -0.405. The van der Waals surface area contributed by atoms with Crippen molar-refractivity contribution in [2.45, 2.75) is 27.3 Å². The Hall–Kier alpha value is -3.85. The molecule has 152 valence electrons. The van der Waals surface area contributed by atoms with Gasteiger partial charge in [-0.05, 0) is 49.1 Å². The minimum atomic E-state index is -0.636. The lowest BCUT2D eigenvalue weighted by Crippen LogP contribution is -2.28. The predicted octanol–water partition coefficient (Wildman–Crippen LogP) is 3.66. The van der Waals surface area contributed by atoms with Gasteiger partial charge in [0.15, 0.2) is 6.61 Å². The standard InChI is InChI=1S/C24H22N2O4/c1-15-8-7-11-21(16(15)2)30-14-20(27)22-17(3)19(12-25)23(28)26(24(22)29)13-18-9-5-4-6-10-18/h4-11,29H,13-14H2,1-3H3. The van der Waals surface area contributed by atoms with Gasteiger partial charge in [0, 0.05) is 0 Å². The van der Waals surface area contributed by atoms with E-state index < -0.39 is 17.2 Å². The van der Waals surface area contributed by atoms with E-state index in [9.17, 15) is 20.0 Å². The molecule has 0 atom stereocenters. The largest absolute Gasteiger partial charge is 0.494 e. The smallest absolute Gasteiger partial charge is 0.271 e. The lowest BCUT2D eigenvalue weighted by Gasteiger charge is -2.16. The highest BCUT2D eigenvalue weighted by atomic mass is 16.5. The first-order chi connectivity index (χ1) is 14.3.